The summed E-state index contributed by atoms with van der Waals surface area (Å²) in [6.45, 7) is 9.62. The highest BCUT2D eigenvalue weighted by Crippen LogP contribution is 2.32. The summed E-state index contributed by atoms with van der Waals surface area (Å²) in [4.78, 5) is 0. The fraction of sp³-hybridized carbons (Fsp3) is 0.667. The number of rotatable bonds is 5. The third kappa shape index (κ3) is 3.91. The zero-order chi connectivity index (χ0) is 14.5. The number of hydrogen-bond donors (Lipinski definition) is 1. The molecule has 0 bridgehead atoms. The van der Waals surface area contributed by atoms with Crippen molar-refractivity contribution in [3.8, 4) is 5.75 Å². The van der Waals surface area contributed by atoms with Gasteiger partial charge < -0.3 is 10.1 Å². The molecular weight excluding hydrogens is 246 g/mol. The molecule has 1 saturated carbocycles. The first kappa shape index (κ1) is 15.2. The molecule has 0 atom stereocenters. The van der Waals surface area contributed by atoms with Crippen LogP contribution in [0.15, 0.2) is 18.2 Å². The van der Waals surface area contributed by atoms with Crippen LogP contribution in [-0.4, -0.2) is 12.6 Å². The molecule has 0 saturated heterocycles. The number of anilines is 1. The summed E-state index contributed by atoms with van der Waals surface area (Å²) < 4.78 is 5.54. The van der Waals surface area contributed by atoms with Crippen molar-refractivity contribution in [3.05, 3.63) is 23.8 Å². The number of nitrogens with one attached hydrogen (secondary N) is 1. The number of ether oxygens (including phenoxy) is 1. The van der Waals surface area contributed by atoms with Crippen LogP contribution in [0.2, 0.25) is 0 Å². The lowest BCUT2D eigenvalue weighted by atomic mass is 9.79. The first-order valence-electron chi connectivity index (χ1n) is 8.10. The van der Waals surface area contributed by atoms with Crippen LogP contribution < -0.4 is 10.1 Å². The second kappa shape index (κ2) is 7.01. The van der Waals surface area contributed by atoms with Gasteiger partial charge in [0.1, 0.15) is 5.75 Å². The minimum atomic E-state index is 0.640. The Balaban J connectivity index is 1.91. The van der Waals surface area contributed by atoms with E-state index < -0.39 is 0 Å². The van der Waals surface area contributed by atoms with E-state index in [9.17, 15) is 0 Å². The minimum Gasteiger partial charge on any atom is -0.494 e. The van der Waals surface area contributed by atoms with Gasteiger partial charge >= 0.3 is 0 Å². The molecule has 0 amide bonds. The van der Waals surface area contributed by atoms with E-state index in [2.05, 4.69) is 44.3 Å². The molecule has 2 heteroatoms. The summed E-state index contributed by atoms with van der Waals surface area (Å²) in [7, 11) is 0. The van der Waals surface area contributed by atoms with Crippen molar-refractivity contribution >= 4 is 5.69 Å². The molecule has 1 aliphatic carbocycles. The van der Waals surface area contributed by atoms with E-state index in [4.69, 9.17) is 4.74 Å². The first-order valence-corrected chi connectivity index (χ1v) is 8.10. The van der Waals surface area contributed by atoms with E-state index in [1.165, 1.54) is 36.9 Å². The highest BCUT2D eigenvalue weighted by atomic mass is 16.5. The number of hydrogen-bond acceptors (Lipinski definition) is 2. The molecule has 1 aliphatic rings. The van der Waals surface area contributed by atoms with Gasteiger partial charge in [-0.3, -0.25) is 0 Å². The zero-order valence-corrected chi connectivity index (χ0v) is 13.4. The van der Waals surface area contributed by atoms with E-state index in [1.54, 1.807) is 0 Å². The van der Waals surface area contributed by atoms with Crippen LogP contribution in [0.1, 0.15) is 52.0 Å². The highest BCUT2D eigenvalue weighted by molar-refractivity contribution is 5.54. The van der Waals surface area contributed by atoms with Gasteiger partial charge in [-0.25, -0.2) is 0 Å². The molecule has 1 aromatic rings. The Bertz CT molecular complexity index is 419. The van der Waals surface area contributed by atoms with Gasteiger partial charge in [0.25, 0.3) is 0 Å². The van der Waals surface area contributed by atoms with Crippen molar-refractivity contribution in [1.29, 1.82) is 0 Å². The molecule has 0 unspecified atom stereocenters. The molecule has 112 valence electrons. The maximum Gasteiger partial charge on any atom is 0.119 e. The molecule has 0 aromatic heterocycles. The number of aryl methyl sites for hydroxylation is 1. The molecule has 0 radical (unpaired) electrons. The Morgan fingerprint density at radius 3 is 2.45 bits per heavy atom. The average Bonchev–Trinajstić information content (AvgIpc) is 2.43. The minimum absolute atomic E-state index is 0.640. The maximum atomic E-state index is 5.54. The Kier molecular flexibility index (Phi) is 5.33. The van der Waals surface area contributed by atoms with Gasteiger partial charge in [0.05, 0.1) is 6.61 Å². The maximum absolute atomic E-state index is 5.54. The Labute approximate surface area is 123 Å². The lowest BCUT2D eigenvalue weighted by molar-refractivity contribution is 0.267. The standard InChI is InChI=1S/C18H29NO/c1-5-20-17-10-11-18(14(4)12-17)19-16-8-6-15(7-9-16)13(2)3/h10-13,15-16,19H,5-9H2,1-4H3. The van der Waals surface area contributed by atoms with Crippen molar-refractivity contribution in [2.24, 2.45) is 11.8 Å². The van der Waals surface area contributed by atoms with Crippen molar-refractivity contribution < 1.29 is 4.74 Å². The molecule has 0 spiro atoms. The Morgan fingerprint density at radius 2 is 1.90 bits per heavy atom. The third-order valence-electron chi connectivity index (χ3n) is 4.58. The second-order valence-corrected chi connectivity index (χ2v) is 6.41. The van der Waals surface area contributed by atoms with Crippen LogP contribution in [0.3, 0.4) is 0 Å². The van der Waals surface area contributed by atoms with E-state index in [1.807, 2.05) is 6.92 Å². The summed E-state index contributed by atoms with van der Waals surface area (Å²) in [5.41, 5.74) is 2.54. The molecule has 1 aromatic carbocycles. The molecule has 1 fully saturated rings. The van der Waals surface area contributed by atoms with Gasteiger partial charge in [-0.05, 0) is 75.1 Å². The topological polar surface area (TPSA) is 21.3 Å². The van der Waals surface area contributed by atoms with Crippen LogP contribution in [0.5, 0.6) is 5.75 Å². The van der Waals surface area contributed by atoms with Crippen LogP contribution in [0.25, 0.3) is 0 Å². The van der Waals surface area contributed by atoms with E-state index in [-0.39, 0.29) is 0 Å². The van der Waals surface area contributed by atoms with Crippen molar-refractivity contribution in [3.63, 3.8) is 0 Å². The predicted octanol–water partition coefficient (Wildman–Crippen LogP) is 5.02. The highest BCUT2D eigenvalue weighted by Gasteiger charge is 2.23. The molecule has 0 heterocycles. The fourth-order valence-electron chi connectivity index (χ4n) is 3.20. The largest absolute Gasteiger partial charge is 0.494 e. The van der Waals surface area contributed by atoms with E-state index in [0.717, 1.165) is 24.2 Å². The normalized spacial score (nSPS) is 22.9. The Hall–Kier alpha value is -1.18. The molecular formula is C18H29NO. The lowest BCUT2D eigenvalue weighted by Crippen LogP contribution is -2.28. The van der Waals surface area contributed by atoms with E-state index >= 15 is 0 Å². The van der Waals surface area contributed by atoms with Gasteiger partial charge in [0.15, 0.2) is 0 Å². The van der Waals surface area contributed by atoms with Crippen LogP contribution in [0, 0.1) is 18.8 Å². The molecule has 2 nitrogen and oxygen atoms in total. The van der Waals surface area contributed by atoms with Gasteiger partial charge in [0, 0.05) is 11.7 Å². The molecule has 2 rings (SSSR count). The molecule has 0 aliphatic heterocycles. The summed E-state index contributed by atoms with van der Waals surface area (Å²) >= 11 is 0. The van der Waals surface area contributed by atoms with Crippen LogP contribution in [-0.2, 0) is 0 Å². The smallest absolute Gasteiger partial charge is 0.119 e. The van der Waals surface area contributed by atoms with Gasteiger partial charge in [-0.1, -0.05) is 13.8 Å². The Morgan fingerprint density at radius 1 is 1.20 bits per heavy atom. The fourth-order valence-corrected chi connectivity index (χ4v) is 3.20. The monoisotopic (exact) mass is 275 g/mol. The average molecular weight is 275 g/mol. The number of benzene rings is 1. The zero-order valence-electron chi connectivity index (χ0n) is 13.4. The van der Waals surface area contributed by atoms with Crippen molar-refractivity contribution in [2.75, 3.05) is 11.9 Å². The summed E-state index contributed by atoms with van der Waals surface area (Å²) in [6, 6.07) is 7.00. The van der Waals surface area contributed by atoms with Gasteiger partial charge in [-0.15, -0.1) is 0 Å². The van der Waals surface area contributed by atoms with Crippen molar-refractivity contribution in [1.82, 2.24) is 0 Å². The summed E-state index contributed by atoms with van der Waals surface area (Å²) in [6.07, 6.45) is 5.34. The lowest BCUT2D eigenvalue weighted by Gasteiger charge is -2.32. The van der Waals surface area contributed by atoms with E-state index in [0.29, 0.717) is 6.04 Å². The molecule has 20 heavy (non-hydrogen) atoms. The summed E-state index contributed by atoms with van der Waals surface area (Å²) in [5.74, 6) is 2.73. The van der Waals surface area contributed by atoms with Crippen molar-refractivity contribution in [2.45, 2.75) is 59.4 Å². The SMILES string of the molecule is CCOc1ccc(NC2CCC(C(C)C)CC2)c(C)c1. The second-order valence-electron chi connectivity index (χ2n) is 6.41. The quantitative estimate of drug-likeness (QED) is 0.814. The predicted molar refractivity (Wildman–Crippen MR) is 86.6 cm³/mol. The van der Waals surface area contributed by atoms with Crippen LogP contribution >= 0.6 is 0 Å². The summed E-state index contributed by atoms with van der Waals surface area (Å²) in [5, 5.41) is 3.72. The third-order valence-corrected chi connectivity index (χ3v) is 4.58. The molecule has 1 N–H and O–H groups in total. The van der Waals surface area contributed by atoms with Crippen LogP contribution in [0.4, 0.5) is 5.69 Å². The first-order chi connectivity index (χ1) is 9.60. The van der Waals surface area contributed by atoms with Gasteiger partial charge in [0.2, 0.25) is 0 Å². The van der Waals surface area contributed by atoms with Gasteiger partial charge in [-0.2, -0.15) is 0 Å².